The Hall–Kier alpha value is -3.00. The summed E-state index contributed by atoms with van der Waals surface area (Å²) in [5.74, 6) is 3.28. The molecule has 1 aliphatic carbocycles. The van der Waals surface area contributed by atoms with Crippen molar-refractivity contribution in [1.29, 1.82) is 0 Å². The number of nitrogens with zero attached hydrogens (tertiary/aromatic N) is 6. The minimum absolute atomic E-state index is 0.454. The molecule has 3 aromatic heterocycles. The molecule has 0 unspecified atom stereocenters. The van der Waals surface area contributed by atoms with Gasteiger partial charge in [0.2, 0.25) is 5.89 Å². The first-order chi connectivity index (χ1) is 15.3. The van der Waals surface area contributed by atoms with Gasteiger partial charge in [-0.2, -0.15) is 4.98 Å². The van der Waals surface area contributed by atoms with Crippen LogP contribution in [0.4, 0.5) is 0 Å². The number of aromatic nitrogens is 6. The maximum atomic E-state index is 5.41. The number of pyridine rings is 1. The zero-order valence-corrected chi connectivity index (χ0v) is 18.5. The van der Waals surface area contributed by atoms with Crippen LogP contribution in [0.2, 0.25) is 0 Å². The molecule has 31 heavy (non-hydrogen) atoms. The maximum absolute atomic E-state index is 5.41. The van der Waals surface area contributed by atoms with E-state index >= 15 is 0 Å². The van der Waals surface area contributed by atoms with Crippen molar-refractivity contribution in [1.82, 2.24) is 29.9 Å². The smallest absolute Gasteiger partial charge is 0.229 e. The van der Waals surface area contributed by atoms with Crippen molar-refractivity contribution in [3.05, 3.63) is 65.6 Å². The molecule has 0 amide bonds. The normalized spacial score (nSPS) is 13.6. The van der Waals surface area contributed by atoms with Gasteiger partial charge in [0.05, 0.1) is 11.4 Å². The first kappa shape index (κ1) is 19.9. The molecule has 1 fully saturated rings. The number of aryl methyl sites for hydroxylation is 2. The molecular weight excluding hydrogens is 408 g/mol. The molecule has 0 saturated heterocycles. The van der Waals surface area contributed by atoms with Crippen molar-refractivity contribution in [3.8, 4) is 17.1 Å². The number of benzene rings is 1. The molecule has 4 aromatic rings. The van der Waals surface area contributed by atoms with Crippen LogP contribution >= 0.6 is 11.8 Å². The predicted molar refractivity (Wildman–Crippen MR) is 119 cm³/mol. The van der Waals surface area contributed by atoms with E-state index in [2.05, 4.69) is 61.9 Å². The van der Waals surface area contributed by atoms with Crippen molar-refractivity contribution in [2.75, 3.05) is 0 Å². The quantitative estimate of drug-likeness (QED) is 0.362. The summed E-state index contributed by atoms with van der Waals surface area (Å²) >= 11 is 1.58. The summed E-state index contributed by atoms with van der Waals surface area (Å²) in [6, 6.07) is 10.4. The number of hydrogen-bond acceptors (Lipinski definition) is 7. The van der Waals surface area contributed by atoms with E-state index in [9.17, 15) is 0 Å². The first-order valence-corrected chi connectivity index (χ1v) is 11.7. The highest BCUT2D eigenvalue weighted by Gasteiger charge is 2.29. The lowest BCUT2D eigenvalue weighted by Gasteiger charge is -2.17. The van der Waals surface area contributed by atoms with Gasteiger partial charge >= 0.3 is 0 Å². The van der Waals surface area contributed by atoms with Crippen molar-refractivity contribution in [2.45, 2.75) is 56.4 Å². The molecule has 8 heteroatoms. The van der Waals surface area contributed by atoms with E-state index in [1.165, 1.54) is 11.1 Å². The van der Waals surface area contributed by atoms with Crippen molar-refractivity contribution in [2.24, 2.45) is 0 Å². The van der Waals surface area contributed by atoms with Gasteiger partial charge in [-0.3, -0.25) is 9.55 Å². The van der Waals surface area contributed by atoms with Gasteiger partial charge in [-0.05, 0) is 48.9 Å². The van der Waals surface area contributed by atoms with E-state index in [-0.39, 0.29) is 0 Å². The van der Waals surface area contributed by atoms with E-state index in [1.54, 1.807) is 18.0 Å². The number of thioether (sulfide) groups is 1. The maximum Gasteiger partial charge on any atom is 0.229 e. The summed E-state index contributed by atoms with van der Waals surface area (Å²) in [7, 11) is 0. The lowest BCUT2D eigenvalue weighted by molar-refractivity contribution is 0.375. The first-order valence-electron chi connectivity index (χ1n) is 10.7. The standard InChI is InChI=1S/C23H24N6OS/c1-3-15-7-5-8-16(4-2)20(15)29-21(18-9-6-12-24-13-18)26-27-23(29)31-14-19-25-22(30-28-19)17-10-11-17/h5-9,12-13,17H,3-4,10-11,14H2,1-2H3. The van der Waals surface area contributed by atoms with Gasteiger partial charge < -0.3 is 4.52 Å². The topological polar surface area (TPSA) is 82.5 Å². The van der Waals surface area contributed by atoms with Crippen LogP contribution in [0.3, 0.4) is 0 Å². The van der Waals surface area contributed by atoms with E-state index in [1.807, 2.05) is 18.3 Å². The summed E-state index contributed by atoms with van der Waals surface area (Å²) < 4.78 is 7.58. The Morgan fingerprint density at radius 2 is 1.87 bits per heavy atom. The number of para-hydroxylation sites is 1. The highest BCUT2D eigenvalue weighted by Crippen LogP contribution is 2.39. The Morgan fingerprint density at radius 1 is 1.06 bits per heavy atom. The van der Waals surface area contributed by atoms with E-state index in [4.69, 9.17) is 4.52 Å². The summed E-state index contributed by atoms with van der Waals surface area (Å²) in [6.45, 7) is 4.36. The van der Waals surface area contributed by atoms with Gasteiger partial charge in [0, 0.05) is 23.9 Å². The second-order valence-corrected chi connectivity index (χ2v) is 8.57. The monoisotopic (exact) mass is 432 g/mol. The summed E-state index contributed by atoms with van der Waals surface area (Å²) in [4.78, 5) is 8.84. The Labute approximate surface area is 185 Å². The van der Waals surface area contributed by atoms with E-state index in [0.29, 0.717) is 17.5 Å². The molecule has 158 valence electrons. The van der Waals surface area contributed by atoms with Gasteiger partial charge in [0.15, 0.2) is 16.8 Å². The fraction of sp³-hybridized carbons (Fsp3) is 0.348. The predicted octanol–water partition coefficient (Wildman–Crippen LogP) is 5.01. The molecule has 0 atom stereocenters. The largest absolute Gasteiger partial charge is 0.339 e. The average molecular weight is 433 g/mol. The summed E-state index contributed by atoms with van der Waals surface area (Å²) in [5.41, 5.74) is 4.62. The van der Waals surface area contributed by atoms with Crippen LogP contribution in [-0.2, 0) is 18.6 Å². The van der Waals surface area contributed by atoms with Crippen LogP contribution in [0.25, 0.3) is 17.1 Å². The molecule has 7 nitrogen and oxygen atoms in total. The second kappa shape index (κ2) is 8.63. The molecule has 1 aromatic carbocycles. The Balaban J connectivity index is 1.56. The van der Waals surface area contributed by atoms with Crippen molar-refractivity contribution < 1.29 is 4.52 Å². The van der Waals surface area contributed by atoms with Crippen LogP contribution in [0.15, 0.2) is 52.4 Å². The van der Waals surface area contributed by atoms with Crippen LogP contribution < -0.4 is 0 Å². The highest BCUT2D eigenvalue weighted by atomic mass is 32.2. The van der Waals surface area contributed by atoms with Crippen LogP contribution in [0.5, 0.6) is 0 Å². The molecule has 0 bridgehead atoms. The molecule has 1 saturated carbocycles. The minimum atomic E-state index is 0.454. The summed E-state index contributed by atoms with van der Waals surface area (Å²) in [5, 5.41) is 14.1. The summed E-state index contributed by atoms with van der Waals surface area (Å²) in [6.07, 6.45) is 7.73. The van der Waals surface area contributed by atoms with Gasteiger partial charge in [-0.15, -0.1) is 10.2 Å². The lowest BCUT2D eigenvalue weighted by atomic mass is 10.0. The Bertz CT molecular complexity index is 1160. The SMILES string of the molecule is CCc1cccc(CC)c1-n1c(SCc2noc(C3CC3)n2)nnc1-c1cccnc1. The highest BCUT2D eigenvalue weighted by molar-refractivity contribution is 7.98. The molecule has 0 N–H and O–H groups in total. The fourth-order valence-corrected chi connectivity index (χ4v) is 4.48. The van der Waals surface area contributed by atoms with E-state index in [0.717, 1.165) is 53.8 Å². The van der Waals surface area contributed by atoms with Gasteiger partial charge in [0.1, 0.15) is 0 Å². The van der Waals surface area contributed by atoms with Crippen LogP contribution in [0, 0.1) is 0 Å². The lowest BCUT2D eigenvalue weighted by Crippen LogP contribution is -2.07. The third-order valence-electron chi connectivity index (χ3n) is 5.48. The molecule has 0 radical (unpaired) electrons. The Kier molecular flexibility index (Phi) is 5.55. The number of rotatable bonds is 8. The zero-order valence-electron chi connectivity index (χ0n) is 17.7. The minimum Gasteiger partial charge on any atom is -0.339 e. The second-order valence-electron chi connectivity index (χ2n) is 7.63. The molecule has 0 aliphatic heterocycles. The zero-order chi connectivity index (χ0) is 21.2. The third kappa shape index (κ3) is 3.99. The molecule has 5 rings (SSSR count). The Morgan fingerprint density at radius 3 is 2.55 bits per heavy atom. The van der Waals surface area contributed by atoms with Crippen LogP contribution in [-0.4, -0.2) is 29.9 Å². The van der Waals surface area contributed by atoms with E-state index < -0.39 is 0 Å². The van der Waals surface area contributed by atoms with Gasteiger partial charge in [-0.1, -0.05) is 49.0 Å². The van der Waals surface area contributed by atoms with Crippen molar-refractivity contribution >= 4 is 11.8 Å². The molecular formula is C23H24N6OS. The third-order valence-corrected chi connectivity index (χ3v) is 6.41. The van der Waals surface area contributed by atoms with Gasteiger partial charge in [-0.25, -0.2) is 0 Å². The molecule has 0 spiro atoms. The average Bonchev–Trinajstić information content (AvgIpc) is 3.41. The van der Waals surface area contributed by atoms with Crippen LogP contribution in [0.1, 0.15) is 55.4 Å². The van der Waals surface area contributed by atoms with Crippen molar-refractivity contribution in [3.63, 3.8) is 0 Å². The molecule has 3 heterocycles. The molecule has 1 aliphatic rings. The fourth-order valence-electron chi connectivity index (χ4n) is 3.70. The van der Waals surface area contributed by atoms with Gasteiger partial charge in [0.25, 0.3) is 0 Å². The number of hydrogen-bond donors (Lipinski definition) is 0.